The third-order valence-electron chi connectivity index (χ3n) is 5.83. The summed E-state index contributed by atoms with van der Waals surface area (Å²) in [6.45, 7) is 3.94. The van der Waals surface area contributed by atoms with Crippen LogP contribution in [-0.4, -0.2) is 36.3 Å². The van der Waals surface area contributed by atoms with Crippen LogP contribution in [0.4, 0.5) is 5.69 Å². The number of halogens is 3. The Morgan fingerprint density at radius 3 is 2.60 bits per heavy atom. The molecule has 0 saturated carbocycles. The number of quaternary nitrogens is 1. The molecule has 1 aromatic heterocycles. The van der Waals surface area contributed by atoms with Crippen molar-refractivity contribution in [1.29, 1.82) is 0 Å². The largest absolute Gasteiger partial charge is 0.312 e. The first-order valence-corrected chi connectivity index (χ1v) is 12.4. The normalized spacial score (nSPS) is 23.4. The van der Waals surface area contributed by atoms with Gasteiger partial charge in [0.25, 0.3) is 0 Å². The van der Waals surface area contributed by atoms with Crippen molar-refractivity contribution in [3.05, 3.63) is 49.0 Å². The number of carbonyl (C=O) groups is 1. The summed E-state index contributed by atoms with van der Waals surface area (Å²) in [5, 5.41) is 7.73. The number of anilines is 1. The van der Waals surface area contributed by atoms with E-state index in [2.05, 4.69) is 41.4 Å². The van der Waals surface area contributed by atoms with E-state index < -0.39 is 0 Å². The van der Waals surface area contributed by atoms with Gasteiger partial charge in [-0.1, -0.05) is 30.1 Å². The second-order valence-corrected chi connectivity index (χ2v) is 11.5. The standard InChI is InChI=1S/C21H23BrCl2N4OS/c1-13-19(21(29)26-28(2)10-4-3-5-11-28)25-27(16-7-6-14(23)12-15(16)24)20(13)17-8-9-18(22)30-17/h6-9,12-13,20H,3-5,10-11H2,1-2H3/p+1/t13-,20+/m1/s1. The first-order chi connectivity index (χ1) is 14.3. The maximum atomic E-state index is 13.3. The summed E-state index contributed by atoms with van der Waals surface area (Å²) in [4.78, 5) is 14.4. The van der Waals surface area contributed by atoms with E-state index in [1.54, 1.807) is 23.5 Å². The number of amides is 1. The van der Waals surface area contributed by atoms with Crippen molar-refractivity contribution in [2.45, 2.75) is 32.2 Å². The molecule has 0 bridgehead atoms. The number of thiophene rings is 1. The Hall–Kier alpha value is -1.12. The van der Waals surface area contributed by atoms with Crippen LogP contribution in [0.5, 0.6) is 0 Å². The van der Waals surface area contributed by atoms with Crippen LogP contribution >= 0.6 is 50.5 Å². The van der Waals surface area contributed by atoms with E-state index in [0.29, 0.717) is 20.3 Å². The summed E-state index contributed by atoms with van der Waals surface area (Å²) < 4.78 is 1.60. The zero-order chi connectivity index (χ0) is 21.5. The highest BCUT2D eigenvalue weighted by molar-refractivity contribution is 9.11. The summed E-state index contributed by atoms with van der Waals surface area (Å²) >= 11 is 17.8. The summed E-state index contributed by atoms with van der Waals surface area (Å²) in [5.41, 5.74) is 4.49. The maximum Gasteiger partial charge on any atom is 0.312 e. The first-order valence-electron chi connectivity index (χ1n) is 10.0. The van der Waals surface area contributed by atoms with Crippen LogP contribution < -0.4 is 10.4 Å². The van der Waals surface area contributed by atoms with Gasteiger partial charge in [0.2, 0.25) is 0 Å². The average Bonchev–Trinajstić information content (AvgIpc) is 3.25. The first kappa shape index (κ1) is 22.1. The predicted molar refractivity (Wildman–Crippen MR) is 128 cm³/mol. The van der Waals surface area contributed by atoms with Crippen LogP contribution in [0.2, 0.25) is 10.0 Å². The van der Waals surface area contributed by atoms with Gasteiger partial charge in [0, 0.05) is 15.8 Å². The van der Waals surface area contributed by atoms with Gasteiger partial charge in [0.15, 0.2) is 0 Å². The number of hydrogen-bond donors (Lipinski definition) is 1. The fourth-order valence-electron chi connectivity index (χ4n) is 4.23. The van der Waals surface area contributed by atoms with Gasteiger partial charge in [-0.15, -0.1) is 11.3 Å². The molecule has 1 aromatic carbocycles. The number of carbonyl (C=O) groups excluding carboxylic acids is 1. The molecule has 0 spiro atoms. The second-order valence-electron chi connectivity index (χ2n) is 8.15. The quantitative estimate of drug-likeness (QED) is 0.490. The van der Waals surface area contributed by atoms with Gasteiger partial charge in [0.1, 0.15) is 18.8 Å². The highest BCUT2D eigenvalue weighted by Crippen LogP contribution is 2.44. The van der Waals surface area contributed by atoms with Gasteiger partial charge >= 0.3 is 5.91 Å². The minimum absolute atomic E-state index is 0.0984. The summed E-state index contributed by atoms with van der Waals surface area (Å²) in [6, 6.07) is 9.33. The van der Waals surface area contributed by atoms with E-state index in [0.717, 1.165) is 40.3 Å². The molecule has 0 aliphatic carbocycles. The van der Waals surface area contributed by atoms with E-state index >= 15 is 0 Å². The van der Waals surface area contributed by atoms with Crippen LogP contribution in [0.3, 0.4) is 0 Å². The smallest absolute Gasteiger partial charge is 0.263 e. The van der Waals surface area contributed by atoms with E-state index in [-0.39, 0.29) is 17.9 Å². The van der Waals surface area contributed by atoms with Crippen molar-refractivity contribution in [2.75, 3.05) is 25.1 Å². The van der Waals surface area contributed by atoms with E-state index in [4.69, 9.17) is 28.3 Å². The molecule has 1 fully saturated rings. The minimum atomic E-state index is -0.118. The Kier molecular flexibility index (Phi) is 6.47. The lowest BCUT2D eigenvalue weighted by Gasteiger charge is -2.36. The molecule has 4 rings (SSSR count). The molecule has 2 atom stereocenters. The lowest BCUT2D eigenvalue weighted by atomic mass is 9.95. The summed E-state index contributed by atoms with van der Waals surface area (Å²) in [6.07, 6.45) is 3.47. The Bertz CT molecular complexity index is 989. The fourth-order valence-corrected chi connectivity index (χ4v) is 6.34. The molecule has 2 aliphatic heterocycles. The lowest BCUT2D eigenvalue weighted by Crippen LogP contribution is -2.61. The lowest BCUT2D eigenvalue weighted by molar-refractivity contribution is -0.947. The molecule has 9 heteroatoms. The molecule has 2 aromatic rings. The van der Waals surface area contributed by atoms with Crippen LogP contribution in [0, 0.1) is 5.92 Å². The summed E-state index contributed by atoms with van der Waals surface area (Å²) in [5.74, 6) is -0.209. The highest BCUT2D eigenvalue weighted by atomic mass is 79.9. The van der Waals surface area contributed by atoms with Gasteiger partial charge in [-0.2, -0.15) is 10.5 Å². The van der Waals surface area contributed by atoms with Gasteiger partial charge in [-0.05, 0) is 65.5 Å². The van der Waals surface area contributed by atoms with E-state index in [1.165, 1.54) is 6.42 Å². The molecule has 1 amide bonds. The van der Waals surface area contributed by atoms with Crippen LogP contribution in [0.25, 0.3) is 0 Å². The molecule has 3 heterocycles. The zero-order valence-corrected chi connectivity index (χ0v) is 20.8. The van der Waals surface area contributed by atoms with Gasteiger partial charge in [-0.25, -0.2) is 4.59 Å². The van der Waals surface area contributed by atoms with Crippen molar-refractivity contribution in [3.63, 3.8) is 0 Å². The number of hydrogen-bond acceptors (Lipinski definition) is 4. The molecule has 0 unspecified atom stereocenters. The van der Waals surface area contributed by atoms with Crippen molar-refractivity contribution in [3.8, 4) is 0 Å². The van der Waals surface area contributed by atoms with Crippen molar-refractivity contribution in [2.24, 2.45) is 11.0 Å². The number of likely N-dealkylation sites (tertiary alicyclic amines) is 1. The van der Waals surface area contributed by atoms with Crippen molar-refractivity contribution >= 4 is 67.8 Å². The average molecular weight is 531 g/mol. The van der Waals surface area contributed by atoms with Gasteiger partial charge in [0.05, 0.1) is 27.6 Å². The molecule has 0 radical (unpaired) electrons. The van der Waals surface area contributed by atoms with Crippen molar-refractivity contribution < 1.29 is 9.39 Å². The Morgan fingerprint density at radius 2 is 1.97 bits per heavy atom. The van der Waals surface area contributed by atoms with E-state index in [1.807, 2.05) is 17.1 Å². The molecule has 1 N–H and O–H groups in total. The minimum Gasteiger partial charge on any atom is -0.263 e. The molecule has 30 heavy (non-hydrogen) atoms. The van der Waals surface area contributed by atoms with E-state index in [9.17, 15) is 4.79 Å². The SMILES string of the molecule is C[C@@H]1C(C(=O)N[N+]2(C)CCCCC2)=NN(c2ccc(Cl)cc2Cl)[C@@H]1c1ccc(Br)s1. The molecular weight excluding hydrogens is 507 g/mol. The number of rotatable bonds is 4. The van der Waals surface area contributed by atoms with Crippen LogP contribution in [0.1, 0.15) is 37.1 Å². The third-order valence-corrected chi connectivity index (χ3v) is 8.07. The van der Waals surface area contributed by atoms with Crippen molar-refractivity contribution in [1.82, 2.24) is 5.43 Å². The summed E-state index contributed by atoms with van der Waals surface area (Å²) in [7, 11) is 2.08. The molecule has 1 saturated heterocycles. The molecular formula is C21H24BrCl2N4OS+. The topological polar surface area (TPSA) is 44.7 Å². The Morgan fingerprint density at radius 1 is 1.23 bits per heavy atom. The number of nitrogens with one attached hydrogen (secondary N) is 1. The number of benzene rings is 1. The monoisotopic (exact) mass is 529 g/mol. The number of nitrogens with zero attached hydrogens (tertiary/aromatic N) is 3. The Balaban J connectivity index is 1.69. The van der Waals surface area contributed by atoms with Gasteiger partial charge in [-0.3, -0.25) is 9.80 Å². The predicted octanol–water partition coefficient (Wildman–Crippen LogP) is 6.03. The second kappa shape index (κ2) is 8.79. The highest BCUT2D eigenvalue weighted by Gasteiger charge is 2.42. The van der Waals surface area contributed by atoms with Gasteiger partial charge < -0.3 is 0 Å². The fraction of sp³-hybridized carbons (Fsp3) is 0.429. The van der Waals surface area contributed by atoms with Crippen LogP contribution in [0.15, 0.2) is 39.2 Å². The zero-order valence-electron chi connectivity index (χ0n) is 16.9. The maximum absolute atomic E-state index is 13.3. The molecule has 5 nitrogen and oxygen atoms in total. The molecule has 160 valence electrons. The number of hydrazone groups is 1. The molecule has 2 aliphatic rings. The van der Waals surface area contributed by atoms with Crippen LogP contribution in [-0.2, 0) is 4.79 Å². The number of piperidine rings is 1. The Labute approximate surface area is 199 Å². The third kappa shape index (κ3) is 4.41.